The quantitative estimate of drug-likeness (QED) is 0.483. The fourth-order valence-corrected chi connectivity index (χ4v) is 2.82. The van der Waals surface area contributed by atoms with E-state index in [-0.39, 0.29) is 5.69 Å². The lowest BCUT2D eigenvalue weighted by molar-refractivity contribution is 0.262. The van der Waals surface area contributed by atoms with E-state index in [9.17, 15) is 9.18 Å². The van der Waals surface area contributed by atoms with Gasteiger partial charge < -0.3 is 15.4 Å². The Labute approximate surface area is 177 Å². The van der Waals surface area contributed by atoms with Gasteiger partial charge in [0.15, 0.2) is 0 Å². The molecule has 2 N–H and O–H groups in total. The summed E-state index contributed by atoms with van der Waals surface area (Å²) in [6, 6.07) is 13.8. The van der Waals surface area contributed by atoms with Crippen molar-refractivity contribution in [1.29, 1.82) is 0 Å². The summed E-state index contributed by atoms with van der Waals surface area (Å²) in [5.74, 6) is 1.04. The SMILES string of the molecule is Cc1ncn(-c2cc(Oc3ccc(NC(=O)Nc4ccccc4F)cc3)ncn2)c1C. The smallest absolute Gasteiger partial charge is 0.323 e. The van der Waals surface area contributed by atoms with E-state index in [1.54, 1.807) is 48.8 Å². The first-order valence-electron chi connectivity index (χ1n) is 9.43. The van der Waals surface area contributed by atoms with Crippen LogP contribution in [0.3, 0.4) is 0 Å². The zero-order valence-corrected chi connectivity index (χ0v) is 16.8. The van der Waals surface area contributed by atoms with Gasteiger partial charge in [-0.3, -0.25) is 4.57 Å². The molecule has 0 fully saturated rings. The number of carbonyl (C=O) groups excluding carboxylic acids is 1. The van der Waals surface area contributed by atoms with Crippen molar-refractivity contribution in [2.24, 2.45) is 0 Å². The number of rotatable bonds is 5. The van der Waals surface area contributed by atoms with E-state index in [1.165, 1.54) is 18.5 Å². The number of ether oxygens (including phenoxy) is 1. The highest BCUT2D eigenvalue weighted by molar-refractivity contribution is 5.99. The number of amides is 2. The molecule has 0 spiro atoms. The summed E-state index contributed by atoms with van der Waals surface area (Å²) >= 11 is 0. The van der Waals surface area contributed by atoms with Gasteiger partial charge in [-0.15, -0.1) is 0 Å². The lowest BCUT2D eigenvalue weighted by Crippen LogP contribution is -2.20. The lowest BCUT2D eigenvalue weighted by atomic mass is 10.3. The zero-order chi connectivity index (χ0) is 21.8. The number of benzene rings is 2. The van der Waals surface area contributed by atoms with Crippen LogP contribution in [0.5, 0.6) is 11.6 Å². The third-order valence-electron chi connectivity index (χ3n) is 4.58. The van der Waals surface area contributed by atoms with Crippen LogP contribution in [0.4, 0.5) is 20.6 Å². The van der Waals surface area contributed by atoms with Crippen LogP contribution in [0.15, 0.2) is 67.3 Å². The number of aromatic nitrogens is 4. The van der Waals surface area contributed by atoms with E-state index in [0.717, 1.165) is 11.4 Å². The summed E-state index contributed by atoms with van der Waals surface area (Å²) in [4.78, 5) is 24.7. The molecule has 9 heteroatoms. The van der Waals surface area contributed by atoms with Crippen LogP contribution in [0.25, 0.3) is 5.82 Å². The average Bonchev–Trinajstić information content (AvgIpc) is 3.10. The first-order valence-corrected chi connectivity index (χ1v) is 9.43. The van der Waals surface area contributed by atoms with E-state index in [4.69, 9.17) is 4.74 Å². The number of halogens is 1. The molecule has 0 saturated heterocycles. The third-order valence-corrected chi connectivity index (χ3v) is 4.58. The minimum atomic E-state index is -0.551. The molecule has 0 radical (unpaired) electrons. The summed E-state index contributed by atoms with van der Waals surface area (Å²) in [6.45, 7) is 3.88. The van der Waals surface area contributed by atoms with Crippen molar-refractivity contribution in [3.05, 3.63) is 84.5 Å². The van der Waals surface area contributed by atoms with Gasteiger partial charge in [-0.05, 0) is 50.2 Å². The fraction of sp³-hybridized carbons (Fsp3) is 0.0909. The van der Waals surface area contributed by atoms with E-state index in [1.807, 2.05) is 18.4 Å². The number of urea groups is 1. The molecule has 0 unspecified atom stereocenters. The van der Waals surface area contributed by atoms with Crippen LogP contribution in [0, 0.1) is 19.7 Å². The van der Waals surface area contributed by atoms with Crippen LogP contribution in [0.1, 0.15) is 11.4 Å². The predicted octanol–water partition coefficient (Wildman–Crippen LogP) is 4.85. The number of hydrogen-bond acceptors (Lipinski definition) is 5. The normalized spacial score (nSPS) is 10.5. The average molecular weight is 418 g/mol. The van der Waals surface area contributed by atoms with Crippen LogP contribution in [-0.2, 0) is 0 Å². The van der Waals surface area contributed by atoms with Crippen LogP contribution in [0.2, 0.25) is 0 Å². The molecule has 2 heterocycles. The first-order chi connectivity index (χ1) is 15.0. The summed E-state index contributed by atoms with van der Waals surface area (Å²) in [5.41, 5.74) is 2.52. The van der Waals surface area contributed by atoms with Crippen molar-refractivity contribution >= 4 is 17.4 Å². The predicted molar refractivity (Wildman–Crippen MR) is 114 cm³/mol. The van der Waals surface area contributed by atoms with E-state index < -0.39 is 11.8 Å². The Bertz CT molecular complexity index is 1220. The standard InChI is InChI=1S/C22H19FN6O2/c1-14-15(2)29(13-26-14)20-11-21(25-12-24-20)31-17-9-7-16(8-10-17)27-22(30)28-19-6-4-3-5-18(19)23/h3-13H,1-2H3,(H2,27,28,30). The number of carbonyl (C=O) groups is 1. The Morgan fingerprint density at radius 2 is 1.77 bits per heavy atom. The molecule has 0 aliphatic rings. The summed E-state index contributed by atoms with van der Waals surface area (Å²) in [6.07, 6.45) is 3.12. The van der Waals surface area contributed by atoms with Gasteiger partial charge in [0.1, 0.15) is 30.0 Å². The second-order valence-electron chi connectivity index (χ2n) is 6.69. The summed E-state index contributed by atoms with van der Waals surface area (Å²) in [7, 11) is 0. The third kappa shape index (κ3) is 4.67. The highest BCUT2D eigenvalue weighted by Crippen LogP contribution is 2.23. The molecular weight excluding hydrogens is 399 g/mol. The lowest BCUT2D eigenvalue weighted by Gasteiger charge is -2.10. The molecule has 2 aromatic heterocycles. The van der Waals surface area contributed by atoms with Crippen molar-refractivity contribution in [3.8, 4) is 17.4 Å². The minimum Gasteiger partial charge on any atom is -0.439 e. The second-order valence-corrected chi connectivity index (χ2v) is 6.69. The van der Waals surface area contributed by atoms with Gasteiger partial charge in [0.2, 0.25) is 5.88 Å². The topological polar surface area (TPSA) is 94.0 Å². The summed E-state index contributed by atoms with van der Waals surface area (Å²) < 4.78 is 21.3. The second kappa shape index (κ2) is 8.62. The van der Waals surface area contributed by atoms with Gasteiger partial charge in [0, 0.05) is 17.4 Å². The summed E-state index contributed by atoms with van der Waals surface area (Å²) in [5, 5.41) is 5.10. The molecule has 4 rings (SSSR count). The van der Waals surface area contributed by atoms with Crippen molar-refractivity contribution in [1.82, 2.24) is 19.5 Å². The molecule has 31 heavy (non-hydrogen) atoms. The maximum Gasteiger partial charge on any atom is 0.323 e. The maximum atomic E-state index is 13.6. The number of nitrogens with one attached hydrogen (secondary N) is 2. The number of aryl methyl sites for hydroxylation is 1. The molecular formula is C22H19FN6O2. The van der Waals surface area contributed by atoms with E-state index in [2.05, 4.69) is 25.6 Å². The van der Waals surface area contributed by atoms with Crippen LogP contribution in [-0.4, -0.2) is 25.6 Å². The van der Waals surface area contributed by atoms with Gasteiger partial charge in [0.25, 0.3) is 0 Å². The molecule has 0 aliphatic carbocycles. The van der Waals surface area contributed by atoms with Gasteiger partial charge in [-0.1, -0.05) is 12.1 Å². The number of nitrogens with zero attached hydrogens (tertiary/aromatic N) is 4. The highest BCUT2D eigenvalue weighted by atomic mass is 19.1. The highest BCUT2D eigenvalue weighted by Gasteiger charge is 2.09. The molecule has 0 atom stereocenters. The monoisotopic (exact) mass is 418 g/mol. The minimum absolute atomic E-state index is 0.0999. The largest absolute Gasteiger partial charge is 0.439 e. The van der Waals surface area contributed by atoms with Crippen molar-refractivity contribution in [2.75, 3.05) is 10.6 Å². The first kappa shape index (κ1) is 20.0. The molecule has 4 aromatic rings. The molecule has 156 valence electrons. The fourth-order valence-electron chi connectivity index (χ4n) is 2.82. The Balaban J connectivity index is 1.41. The van der Waals surface area contributed by atoms with Gasteiger partial charge in [0.05, 0.1) is 11.4 Å². The Morgan fingerprint density at radius 1 is 1.00 bits per heavy atom. The molecule has 0 bridgehead atoms. The van der Waals surface area contributed by atoms with Crippen molar-refractivity contribution in [3.63, 3.8) is 0 Å². The van der Waals surface area contributed by atoms with Crippen molar-refractivity contribution < 1.29 is 13.9 Å². The number of hydrogen-bond donors (Lipinski definition) is 2. The molecule has 8 nitrogen and oxygen atoms in total. The number of anilines is 2. The van der Waals surface area contributed by atoms with E-state index >= 15 is 0 Å². The Hall–Kier alpha value is -4.27. The number of imidazole rings is 1. The maximum absolute atomic E-state index is 13.6. The zero-order valence-electron chi connectivity index (χ0n) is 16.8. The molecule has 0 aliphatic heterocycles. The molecule has 2 aromatic carbocycles. The van der Waals surface area contributed by atoms with Gasteiger partial charge in [-0.2, -0.15) is 0 Å². The Morgan fingerprint density at radius 3 is 2.48 bits per heavy atom. The van der Waals surface area contributed by atoms with Crippen LogP contribution >= 0.6 is 0 Å². The molecule has 0 saturated carbocycles. The van der Waals surface area contributed by atoms with Crippen molar-refractivity contribution in [2.45, 2.75) is 13.8 Å². The van der Waals surface area contributed by atoms with Gasteiger partial charge in [-0.25, -0.2) is 24.1 Å². The van der Waals surface area contributed by atoms with E-state index in [0.29, 0.717) is 23.1 Å². The number of para-hydroxylation sites is 1. The van der Waals surface area contributed by atoms with Gasteiger partial charge >= 0.3 is 6.03 Å². The molecule has 2 amide bonds. The Kier molecular flexibility index (Phi) is 5.57. The van der Waals surface area contributed by atoms with Crippen LogP contribution < -0.4 is 15.4 Å².